The Balaban J connectivity index is 2.18. The van der Waals surface area contributed by atoms with Gasteiger partial charge in [-0.2, -0.15) is 0 Å². The predicted molar refractivity (Wildman–Crippen MR) is 75.7 cm³/mol. The molecule has 1 atom stereocenters. The maximum Gasteiger partial charge on any atom is 0.122 e. The van der Waals surface area contributed by atoms with Crippen molar-refractivity contribution in [1.29, 1.82) is 5.41 Å². The van der Waals surface area contributed by atoms with Crippen LogP contribution in [0.25, 0.3) is 0 Å². The minimum atomic E-state index is -0.287. The van der Waals surface area contributed by atoms with Crippen molar-refractivity contribution in [3.05, 3.63) is 29.8 Å². The number of hydrogen-bond acceptors (Lipinski definition) is 4. The van der Waals surface area contributed by atoms with Crippen molar-refractivity contribution >= 4 is 11.5 Å². The van der Waals surface area contributed by atoms with Crippen LogP contribution in [0.15, 0.2) is 24.3 Å². The van der Waals surface area contributed by atoms with Crippen LogP contribution in [0, 0.1) is 5.41 Å². The number of aliphatic hydroxyl groups excluding tert-OH is 1. The van der Waals surface area contributed by atoms with Crippen molar-refractivity contribution in [3.63, 3.8) is 0 Å². The number of benzene rings is 1. The van der Waals surface area contributed by atoms with Crippen molar-refractivity contribution in [2.24, 2.45) is 5.73 Å². The second kappa shape index (κ2) is 5.19. The first kappa shape index (κ1) is 13.8. The van der Waals surface area contributed by atoms with Gasteiger partial charge in [0, 0.05) is 24.3 Å². The lowest BCUT2D eigenvalue weighted by Crippen LogP contribution is -2.54. The van der Waals surface area contributed by atoms with Gasteiger partial charge in [-0.25, -0.2) is 0 Å². The first-order chi connectivity index (χ1) is 8.91. The van der Waals surface area contributed by atoms with E-state index in [0.717, 1.165) is 17.8 Å². The molecule has 4 N–H and O–H groups in total. The summed E-state index contributed by atoms with van der Waals surface area (Å²) in [7, 11) is 0. The molecule has 2 rings (SSSR count). The highest BCUT2D eigenvalue weighted by Crippen LogP contribution is 2.26. The summed E-state index contributed by atoms with van der Waals surface area (Å²) in [4.78, 5) is 2.19. The van der Waals surface area contributed by atoms with Gasteiger partial charge in [-0.1, -0.05) is 0 Å². The number of nitrogens with one attached hydrogen (secondary N) is 1. The number of ether oxygens (including phenoxy) is 1. The van der Waals surface area contributed by atoms with Crippen LogP contribution < -0.4 is 10.6 Å². The lowest BCUT2D eigenvalue weighted by molar-refractivity contribution is -0.101. The Morgan fingerprint density at radius 2 is 2.11 bits per heavy atom. The van der Waals surface area contributed by atoms with Gasteiger partial charge < -0.3 is 20.5 Å². The molecule has 19 heavy (non-hydrogen) atoms. The summed E-state index contributed by atoms with van der Waals surface area (Å²) in [6.45, 7) is 5.49. The van der Waals surface area contributed by atoms with Crippen LogP contribution in [0.5, 0.6) is 0 Å². The van der Waals surface area contributed by atoms with Crippen LogP contribution in [0.1, 0.15) is 19.4 Å². The molecule has 0 aliphatic carbocycles. The van der Waals surface area contributed by atoms with Gasteiger partial charge in [0.2, 0.25) is 0 Å². The van der Waals surface area contributed by atoms with Gasteiger partial charge in [0.1, 0.15) is 5.84 Å². The molecular weight excluding hydrogens is 242 g/mol. The van der Waals surface area contributed by atoms with Crippen LogP contribution >= 0.6 is 0 Å². The number of anilines is 1. The Bertz CT molecular complexity index is 456. The fraction of sp³-hybridized carbons (Fsp3) is 0.500. The largest absolute Gasteiger partial charge is 0.394 e. The van der Waals surface area contributed by atoms with E-state index in [1.807, 2.05) is 38.1 Å². The summed E-state index contributed by atoms with van der Waals surface area (Å²) in [6.07, 6.45) is -0.170. The Labute approximate surface area is 113 Å². The fourth-order valence-electron chi connectivity index (χ4n) is 2.44. The molecule has 1 saturated heterocycles. The highest BCUT2D eigenvalue weighted by Gasteiger charge is 2.33. The first-order valence-corrected chi connectivity index (χ1v) is 6.39. The molecule has 1 heterocycles. The van der Waals surface area contributed by atoms with E-state index < -0.39 is 0 Å². The minimum absolute atomic E-state index is 0.0193. The molecule has 0 aromatic heterocycles. The number of morpholine rings is 1. The third-order valence-electron chi connectivity index (χ3n) is 3.23. The molecule has 104 valence electrons. The third kappa shape index (κ3) is 3.24. The van der Waals surface area contributed by atoms with Gasteiger partial charge in [-0.3, -0.25) is 5.41 Å². The smallest absolute Gasteiger partial charge is 0.122 e. The van der Waals surface area contributed by atoms with Gasteiger partial charge in [0.15, 0.2) is 0 Å². The van der Waals surface area contributed by atoms with Gasteiger partial charge in [0.05, 0.1) is 18.3 Å². The normalized spacial score (nSPS) is 22.3. The average Bonchev–Trinajstić information content (AvgIpc) is 2.37. The fourth-order valence-corrected chi connectivity index (χ4v) is 2.44. The Morgan fingerprint density at radius 1 is 1.47 bits per heavy atom. The standard InChI is InChI=1S/C14H21N3O2/c1-14(2)9-17(7-12(8-18)19-14)11-5-3-10(4-6-11)13(15)16/h3-6,12,18H,7-9H2,1-2H3,(H3,15,16). The summed E-state index contributed by atoms with van der Waals surface area (Å²) >= 11 is 0. The maximum absolute atomic E-state index is 9.31. The highest BCUT2D eigenvalue weighted by atomic mass is 16.5. The van der Waals surface area contributed by atoms with Crippen molar-refractivity contribution in [2.75, 3.05) is 24.6 Å². The number of amidine groups is 1. The van der Waals surface area contributed by atoms with Crippen molar-refractivity contribution in [3.8, 4) is 0 Å². The molecule has 5 heteroatoms. The summed E-state index contributed by atoms with van der Waals surface area (Å²) < 4.78 is 5.79. The minimum Gasteiger partial charge on any atom is -0.394 e. The van der Waals surface area contributed by atoms with Gasteiger partial charge in [-0.15, -0.1) is 0 Å². The number of nitrogens with zero attached hydrogens (tertiary/aromatic N) is 1. The molecule has 0 spiro atoms. The van der Waals surface area contributed by atoms with E-state index >= 15 is 0 Å². The van der Waals surface area contributed by atoms with E-state index in [9.17, 15) is 5.11 Å². The molecule has 1 aliphatic rings. The zero-order valence-corrected chi connectivity index (χ0v) is 11.4. The number of nitrogens with two attached hydrogens (primary N) is 1. The molecule has 0 amide bonds. The third-order valence-corrected chi connectivity index (χ3v) is 3.23. The van der Waals surface area contributed by atoms with E-state index in [1.54, 1.807) is 0 Å². The van der Waals surface area contributed by atoms with E-state index in [1.165, 1.54) is 0 Å². The lowest BCUT2D eigenvalue weighted by Gasteiger charge is -2.43. The van der Waals surface area contributed by atoms with Gasteiger partial charge >= 0.3 is 0 Å². The summed E-state index contributed by atoms with van der Waals surface area (Å²) in [5.74, 6) is 0.0714. The second-order valence-corrected chi connectivity index (χ2v) is 5.52. The molecule has 5 nitrogen and oxygen atoms in total. The summed E-state index contributed by atoms with van der Waals surface area (Å²) in [5.41, 5.74) is 6.93. The number of nitrogen functional groups attached to an aromatic ring is 1. The van der Waals surface area contributed by atoms with Crippen LogP contribution in [-0.4, -0.2) is 42.3 Å². The molecule has 1 aromatic carbocycles. The topological polar surface area (TPSA) is 82.6 Å². The molecule has 0 radical (unpaired) electrons. The maximum atomic E-state index is 9.31. The Kier molecular flexibility index (Phi) is 3.78. The van der Waals surface area contributed by atoms with Crippen LogP contribution in [-0.2, 0) is 4.74 Å². The zero-order chi connectivity index (χ0) is 14.0. The van der Waals surface area contributed by atoms with Crippen LogP contribution in [0.4, 0.5) is 5.69 Å². The van der Waals surface area contributed by atoms with Crippen molar-refractivity contribution < 1.29 is 9.84 Å². The van der Waals surface area contributed by atoms with Crippen molar-refractivity contribution in [1.82, 2.24) is 0 Å². The monoisotopic (exact) mass is 263 g/mol. The van der Waals surface area contributed by atoms with Crippen LogP contribution in [0.3, 0.4) is 0 Å². The first-order valence-electron chi connectivity index (χ1n) is 6.39. The lowest BCUT2D eigenvalue weighted by atomic mass is 10.0. The number of rotatable bonds is 3. The quantitative estimate of drug-likeness (QED) is 0.560. The average molecular weight is 263 g/mol. The van der Waals surface area contributed by atoms with Gasteiger partial charge in [-0.05, 0) is 38.1 Å². The van der Waals surface area contributed by atoms with E-state index in [2.05, 4.69) is 4.90 Å². The zero-order valence-electron chi connectivity index (χ0n) is 11.4. The van der Waals surface area contributed by atoms with Crippen molar-refractivity contribution in [2.45, 2.75) is 25.6 Å². The molecule has 1 unspecified atom stereocenters. The highest BCUT2D eigenvalue weighted by molar-refractivity contribution is 5.95. The molecular formula is C14H21N3O2. The van der Waals surface area contributed by atoms with Crippen LogP contribution in [0.2, 0.25) is 0 Å². The second-order valence-electron chi connectivity index (χ2n) is 5.52. The Hall–Kier alpha value is -1.59. The number of aliphatic hydroxyl groups is 1. The van der Waals surface area contributed by atoms with E-state index in [0.29, 0.717) is 6.54 Å². The molecule has 1 aromatic rings. The van der Waals surface area contributed by atoms with E-state index in [4.69, 9.17) is 15.9 Å². The van der Waals surface area contributed by atoms with Gasteiger partial charge in [0.25, 0.3) is 0 Å². The Morgan fingerprint density at radius 3 is 2.63 bits per heavy atom. The predicted octanol–water partition coefficient (Wildman–Crippen LogP) is 0.947. The summed E-state index contributed by atoms with van der Waals surface area (Å²) in [6, 6.07) is 7.58. The summed E-state index contributed by atoms with van der Waals surface area (Å²) in [5, 5.41) is 16.7. The SMILES string of the molecule is CC1(C)CN(c2ccc(C(=N)N)cc2)CC(CO)O1. The molecule has 1 fully saturated rings. The molecule has 0 bridgehead atoms. The molecule has 0 saturated carbocycles. The van der Waals surface area contributed by atoms with E-state index in [-0.39, 0.29) is 24.1 Å². The number of hydrogen-bond donors (Lipinski definition) is 3. The molecule has 1 aliphatic heterocycles.